The zero-order chi connectivity index (χ0) is 19.4. The van der Waals surface area contributed by atoms with Gasteiger partial charge in [-0.25, -0.2) is 14.2 Å². The van der Waals surface area contributed by atoms with Gasteiger partial charge in [-0.05, 0) is 59.8 Å². The Morgan fingerprint density at radius 1 is 1.22 bits per heavy atom. The summed E-state index contributed by atoms with van der Waals surface area (Å²) in [6, 6.07) is 12.4. The number of carbonyl (C=O) groups excluding carboxylic acids is 1. The molecule has 1 N–H and O–H groups in total. The van der Waals surface area contributed by atoms with E-state index in [4.69, 9.17) is 9.84 Å². The van der Waals surface area contributed by atoms with E-state index in [0.29, 0.717) is 21.5 Å². The lowest BCUT2D eigenvalue weighted by atomic mass is 10.2. The van der Waals surface area contributed by atoms with Crippen LogP contribution in [-0.4, -0.2) is 40.7 Å². The minimum absolute atomic E-state index is 0.188. The van der Waals surface area contributed by atoms with Gasteiger partial charge in [0.1, 0.15) is 11.6 Å². The molecule has 1 fully saturated rings. The Morgan fingerprint density at radius 3 is 2.52 bits per heavy atom. The van der Waals surface area contributed by atoms with Gasteiger partial charge in [0.2, 0.25) is 0 Å². The highest BCUT2D eigenvalue weighted by atomic mass is 32.2. The first-order valence-electron chi connectivity index (χ1n) is 7.89. The number of nitrogens with zero attached hydrogens (tertiary/aromatic N) is 2. The van der Waals surface area contributed by atoms with Crippen molar-refractivity contribution in [3.05, 3.63) is 64.8 Å². The van der Waals surface area contributed by atoms with Gasteiger partial charge >= 0.3 is 5.97 Å². The van der Waals surface area contributed by atoms with E-state index in [1.807, 2.05) is 0 Å². The Bertz CT molecular complexity index is 924. The molecule has 138 valence electrons. The highest BCUT2D eigenvalue weighted by Crippen LogP contribution is 2.33. The number of rotatable bonds is 5. The Labute approximate surface area is 159 Å². The summed E-state index contributed by atoms with van der Waals surface area (Å²) in [5.41, 5.74) is 1.32. The molecular weight excluding hydrogens is 371 g/mol. The van der Waals surface area contributed by atoms with Crippen LogP contribution in [-0.2, 0) is 9.59 Å². The Morgan fingerprint density at radius 2 is 1.89 bits per heavy atom. The number of hydrogen-bond donors (Lipinski definition) is 1. The molecule has 2 aromatic rings. The van der Waals surface area contributed by atoms with Crippen LogP contribution in [0, 0.1) is 5.82 Å². The van der Waals surface area contributed by atoms with Gasteiger partial charge in [-0.15, -0.1) is 0 Å². The number of aliphatic imine (C=N–C) groups is 1. The van der Waals surface area contributed by atoms with E-state index in [-0.39, 0.29) is 11.7 Å². The predicted octanol–water partition coefficient (Wildman–Crippen LogP) is 3.52. The van der Waals surface area contributed by atoms with E-state index >= 15 is 0 Å². The Hall–Kier alpha value is -3.13. The molecule has 0 unspecified atom stereocenters. The predicted molar refractivity (Wildman–Crippen MR) is 101 cm³/mol. The van der Waals surface area contributed by atoms with E-state index in [0.717, 1.165) is 5.56 Å². The van der Waals surface area contributed by atoms with Gasteiger partial charge in [0, 0.05) is 7.05 Å². The summed E-state index contributed by atoms with van der Waals surface area (Å²) in [5, 5.41) is 9.11. The molecular formula is C19H15FN2O4S. The minimum Gasteiger partial charge on any atom is -0.482 e. The van der Waals surface area contributed by atoms with E-state index in [1.165, 1.54) is 28.8 Å². The van der Waals surface area contributed by atoms with Gasteiger partial charge in [0.25, 0.3) is 5.91 Å². The molecule has 1 aliphatic heterocycles. The number of amidine groups is 1. The largest absolute Gasteiger partial charge is 0.482 e. The normalized spacial score (nSPS) is 17.0. The molecule has 1 saturated heterocycles. The van der Waals surface area contributed by atoms with Gasteiger partial charge in [-0.1, -0.05) is 12.1 Å². The summed E-state index contributed by atoms with van der Waals surface area (Å²) in [6.45, 7) is -0.414. The lowest BCUT2D eigenvalue weighted by molar-refractivity contribution is -0.139. The number of thioether (sulfide) groups is 1. The molecule has 0 atom stereocenters. The van der Waals surface area contributed by atoms with Crippen molar-refractivity contribution in [2.75, 3.05) is 13.7 Å². The SMILES string of the molecule is CN1C(=O)/C(=C\c2ccc(OCC(=O)O)cc2)SC1=Nc1ccc(F)cc1. The lowest BCUT2D eigenvalue weighted by Gasteiger charge is -2.07. The minimum atomic E-state index is -1.05. The number of carbonyl (C=O) groups is 2. The second-order valence-corrected chi connectivity index (χ2v) is 6.61. The van der Waals surface area contributed by atoms with Gasteiger partial charge in [0.05, 0.1) is 10.6 Å². The quantitative estimate of drug-likeness (QED) is 0.796. The van der Waals surface area contributed by atoms with Crippen LogP contribution in [0.2, 0.25) is 0 Å². The van der Waals surface area contributed by atoms with Crippen LogP contribution in [0.4, 0.5) is 10.1 Å². The van der Waals surface area contributed by atoms with E-state index in [9.17, 15) is 14.0 Å². The second kappa shape index (κ2) is 8.05. The third-order valence-corrected chi connectivity index (χ3v) is 4.66. The molecule has 0 saturated carbocycles. The number of aliphatic carboxylic acids is 1. The standard InChI is InChI=1S/C19H15FN2O4S/c1-22-18(25)16(27-19(22)21-14-6-4-13(20)5-7-14)10-12-2-8-15(9-3-12)26-11-17(23)24/h2-10H,11H2,1H3,(H,23,24)/b16-10+,21-19?. The molecule has 8 heteroatoms. The van der Waals surface area contributed by atoms with E-state index < -0.39 is 12.6 Å². The van der Waals surface area contributed by atoms with Gasteiger partial charge in [-0.2, -0.15) is 0 Å². The maximum Gasteiger partial charge on any atom is 0.341 e. The molecule has 6 nitrogen and oxygen atoms in total. The zero-order valence-electron chi connectivity index (χ0n) is 14.3. The van der Waals surface area contributed by atoms with Crippen LogP contribution in [0.1, 0.15) is 5.56 Å². The van der Waals surface area contributed by atoms with Crippen molar-refractivity contribution in [1.29, 1.82) is 0 Å². The molecule has 0 bridgehead atoms. The van der Waals surface area contributed by atoms with Crippen LogP contribution in [0.5, 0.6) is 5.75 Å². The highest BCUT2D eigenvalue weighted by molar-refractivity contribution is 8.18. The number of halogens is 1. The number of ether oxygens (including phenoxy) is 1. The molecule has 0 radical (unpaired) electrons. The maximum atomic E-state index is 13.0. The number of hydrogen-bond acceptors (Lipinski definition) is 5. The second-order valence-electron chi connectivity index (χ2n) is 5.60. The third-order valence-electron chi connectivity index (χ3n) is 3.60. The molecule has 1 aliphatic rings. The molecule has 1 amide bonds. The van der Waals surface area contributed by atoms with Crippen LogP contribution in [0.3, 0.4) is 0 Å². The van der Waals surface area contributed by atoms with Crippen molar-refractivity contribution in [2.24, 2.45) is 4.99 Å². The van der Waals surface area contributed by atoms with Crippen molar-refractivity contribution in [3.8, 4) is 5.75 Å². The number of amides is 1. The van der Waals surface area contributed by atoms with Gasteiger partial charge < -0.3 is 9.84 Å². The van der Waals surface area contributed by atoms with Crippen molar-refractivity contribution in [3.63, 3.8) is 0 Å². The van der Waals surface area contributed by atoms with Crippen molar-refractivity contribution >= 4 is 40.6 Å². The summed E-state index contributed by atoms with van der Waals surface area (Å²) < 4.78 is 18.1. The molecule has 0 aromatic heterocycles. The fourth-order valence-electron chi connectivity index (χ4n) is 2.23. The fraction of sp³-hybridized carbons (Fsp3) is 0.105. The van der Waals surface area contributed by atoms with Crippen LogP contribution in [0.15, 0.2) is 58.4 Å². The maximum absolute atomic E-state index is 13.0. The summed E-state index contributed by atoms with van der Waals surface area (Å²) in [7, 11) is 1.63. The number of carboxylic acids is 1. The first-order valence-corrected chi connectivity index (χ1v) is 8.70. The van der Waals surface area contributed by atoms with Crippen molar-refractivity contribution in [1.82, 2.24) is 4.90 Å². The van der Waals surface area contributed by atoms with Crippen LogP contribution >= 0.6 is 11.8 Å². The molecule has 1 heterocycles. The summed E-state index contributed by atoms with van der Waals surface area (Å²) in [4.78, 5) is 29.2. The van der Waals surface area contributed by atoms with Crippen LogP contribution < -0.4 is 4.74 Å². The first kappa shape index (κ1) is 18.7. The average Bonchev–Trinajstić information content (AvgIpc) is 2.91. The molecule has 2 aromatic carbocycles. The molecule has 3 rings (SSSR count). The zero-order valence-corrected chi connectivity index (χ0v) is 15.1. The van der Waals surface area contributed by atoms with Gasteiger partial charge in [-0.3, -0.25) is 9.69 Å². The fourth-order valence-corrected chi connectivity index (χ4v) is 3.22. The Kier molecular flexibility index (Phi) is 5.56. The first-order chi connectivity index (χ1) is 12.9. The monoisotopic (exact) mass is 386 g/mol. The lowest BCUT2D eigenvalue weighted by Crippen LogP contribution is -2.23. The van der Waals surface area contributed by atoms with Gasteiger partial charge in [0.15, 0.2) is 11.8 Å². The summed E-state index contributed by atoms with van der Waals surface area (Å²) >= 11 is 1.22. The average molecular weight is 386 g/mol. The molecule has 0 aliphatic carbocycles. The van der Waals surface area contributed by atoms with Crippen molar-refractivity contribution in [2.45, 2.75) is 0 Å². The number of likely N-dealkylation sites (N-methyl/N-ethyl adjacent to an activating group) is 1. The summed E-state index contributed by atoms with van der Waals surface area (Å²) in [5.74, 6) is -1.16. The smallest absolute Gasteiger partial charge is 0.341 e. The molecule has 27 heavy (non-hydrogen) atoms. The number of benzene rings is 2. The van der Waals surface area contributed by atoms with Crippen LogP contribution in [0.25, 0.3) is 6.08 Å². The van der Waals surface area contributed by atoms with E-state index in [2.05, 4.69) is 4.99 Å². The number of carboxylic acid groups (broad SMARTS) is 1. The molecule has 0 spiro atoms. The summed E-state index contributed by atoms with van der Waals surface area (Å²) in [6.07, 6.45) is 1.72. The topological polar surface area (TPSA) is 79.2 Å². The Balaban J connectivity index is 1.75. The third kappa shape index (κ3) is 4.73. The van der Waals surface area contributed by atoms with Crippen molar-refractivity contribution < 1.29 is 23.8 Å². The van der Waals surface area contributed by atoms with E-state index in [1.54, 1.807) is 49.5 Å². The highest BCUT2D eigenvalue weighted by Gasteiger charge is 2.30.